The van der Waals surface area contributed by atoms with Gasteiger partial charge in [0, 0.05) is 18.2 Å². The van der Waals surface area contributed by atoms with Gasteiger partial charge in [0.25, 0.3) is 0 Å². The molecular formula is C16H20F3N3. The van der Waals surface area contributed by atoms with Crippen LogP contribution in [0.15, 0.2) is 35.6 Å². The standard InChI is InChI=1S/C16H20F3N3/c1-10-6-7-13(16(17,18)19)9-15(10)14-5-4-8-22(11(14)2)21-12(3)20/h6-7,9,14H,2,4-5,8H2,1,3H3,(H2,20,21). The fourth-order valence-corrected chi connectivity index (χ4v) is 2.77. The van der Waals surface area contributed by atoms with E-state index in [-0.39, 0.29) is 5.92 Å². The second-order valence-corrected chi connectivity index (χ2v) is 5.62. The predicted octanol–water partition coefficient (Wildman–Crippen LogP) is 4.00. The number of halogens is 3. The number of piperidine rings is 1. The van der Waals surface area contributed by atoms with E-state index < -0.39 is 11.7 Å². The Labute approximate surface area is 128 Å². The van der Waals surface area contributed by atoms with Gasteiger partial charge in [-0.3, -0.25) is 5.01 Å². The molecular weight excluding hydrogens is 291 g/mol. The Morgan fingerprint density at radius 3 is 2.68 bits per heavy atom. The van der Waals surface area contributed by atoms with Crippen LogP contribution in [-0.4, -0.2) is 17.4 Å². The highest BCUT2D eigenvalue weighted by atomic mass is 19.4. The first-order chi connectivity index (χ1) is 10.2. The van der Waals surface area contributed by atoms with Gasteiger partial charge in [0.2, 0.25) is 0 Å². The third-order valence-electron chi connectivity index (χ3n) is 3.86. The summed E-state index contributed by atoms with van der Waals surface area (Å²) in [6, 6.07) is 3.86. The molecule has 6 heteroatoms. The van der Waals surface area contributed by atoms with Crippen molar-refractivity contribution in [3.05, 3.63) is 47.2 Å². The van der Waals surface area contributed by atoms with Crippen LogP contribution in [0.2, 0.25) is 0 Å². The van der Waals surface area contributed by atoms with Crippen molar-refractivity contribution in [3.8, 4) is 0 Å². The third kappa shape index (κ3) is 3.43. The van der Waals surface area contributed by atoms with Gasteiger partial charge in [-0.05, 0) is 49.9 Å². The van der Waals surface area contributed by atoms with Gasteiger partial charge in [-0.2, -0.15) is 18.3 Å². The number of allylic oxidation sites excluding steroid dienone is 1. The minimum atomic E-state index is -4.34. The van der Waals surface area contributed by atoms with Crippen molar-refractivity contribution in [2.75, 3.05) is 6.54 Å². The van der Waals surface area contributed by atoms with E-state index in [1.54, 1.807) is 11.9 Å². The molecule has 0 amide bonds. The fraction of sp³-hybridized carbons (Fsp3) is 0.438. The van der Waals surface area contributed by atoms with E-state index in [2.05, 4.69) is 11.7 Å². The van der Waals surface area contributed by atoms with E-state index in [1.165, 1.54) is 12.1 Å². The quantitative estimate of drug-likeness (QED) is 0.662. The molecule has 1 aromatic rings. The largest absolute Gasteiger partial charge is 0.416 e. The highest BCUT2D eigenvalue weighted by Crippen LogP contribution is 2.39. The van der Waals surface area contributed by atoms with Crippen LogP contribution >= 0.6 is 0 Å². The van der Waals surface area contributed by atoms with Crippen LogP contribution in [0.25, 0.3) is 0 Å². The average molecular weight is 311 g/mol. The monoisotopic (exact) mass is 311 g/mol. The molecule has 120 valence electrons. The second kappa shape index (κ2) is 6.02. The number of rotatable bonds is 2. The first-order valence-electron chi connectivity index (χ1n) is 7.15. The van der Waals surface area contributed by atoms with Gasteiger partial charge >= 0.3 is 6.18 Å². The molecule has 1 heterocycles. The molecule has 1 saturated heterocycles. The van der Waals surface area contributed by atoms with Crippen molar-refractivity contribution in [3.63, 3.8) is 0 Å². The summed E-state index contributed by atoms with van der Waals surface area (Å²) in [4.78, 5) is 0. The van der Waals surface area contributed by atoms with Crippen LogP contribution in [0.1, 0.15) is 42.4 Å². The van der Waals surface area contributed by atoms with Gasteiger partial charge in [0.15, 0.2) is 0 Å². The Morgan fingerprint density at radius 2 is 2.09 bits per heavy atom. The molecule has 3 nitrogen and oxygen atoms in total. The minimum absolute atomic E-state index is 0.167. The number of amidine groups is 1. The maximum Gasteiger partial charge on any atom is 0.416 e. The number of nitrogens with zero attached hydrogens (tertiary/aromatic N) is 2. The Bertz CT molecular complexity index is 601. The average Bonchev–Trinajstić information content (AvgIpc) is 2.40. The molecule has 1 aliphatic rings. The maximum atomic E-state index is 12.9. The molecule has 1 aromatic carbocycles. The van der Waals surface area contributed by atoms with E-state index in [1.807, 2.05) is 6.92 Å². The lowest BCUT2D eigenvalue weighted by atomic mass is 9.85. The summed E-state index contributed by atoms with van der Waals surface area (Å²) in [5.41, 5.74) is 7.15. The zero-order valence-electron chi connectivity index (χ0n) is 12.7. The molecule has 0 radical (unpaired) electrons. The van der Waals surface area contributed by atoms with E-state index in [0.717, 1.165) is 24.5 Å². The molecule has 0 spiro atoms. The number of benzene rings is 1. The topological polar surface area (TPSA) is 41.6 Å². The molecule has 0 bridgehead atoms. The molecule has 2 rings (SSSR count). The van der Waals surface area contributed by atoms with Crippen molar-refractivity contribution in [2.24, 2.45) is 10.8 Å². The molecule has 0 aliphatic carbocycles. The van der Waals surface area contributed by atoms with Crippen molar-refractivity contribution in [1.29, 1.82) is 0 Å². The number of hydrogen-bond donors (Lipinski definition) is 1. The Kier molecular flexibility index (Phi) is 4.49. The summed E-state index contributed by atoms with van der Waals surface area (Å²) in [5, 5.41) is 5.90. The number of hydrogen-bond acceptors (Lipinski definition) is 2. The number of alkyl halides is 3. The lowest BCUT2D eigenvalue weighted by molar-refractivity contribution is -0.137. The van der Waals surface area contributed by atoms with Crippen LogP contribution in [0.3, 0.4) is 0 Å². The van der Waals surface area contributed by atoms with E-state index in [9.17, 15) is 13.2 Å². The van der Waals surface area contributed by atoms with Crippen LogP contribution in [0.5, 0.6) is 0 Å². The van der Waals surface area contributed by atoms with Gasteiger partial charge in [0.05, 0.1) is 5.56 Å². The second-order valence-electron chi connectivity index (χ2n) is 5.62. The van der Waals surface area contributed by atoms with Crippen LogP contribution in [0, 0.1) is 6.92 Å². The van der Waals surface area contributed by atoms with Gasteiger partial charge in [-0.15, -0.1) is 0 Å². The lowest BCUT2D eigenvalue weighted by Gasteiger charge is -2.34. The van der Waals surface area contributed by atoms with Gasteiger partial charge in [-0.25, -0.2) is 0 Å². The zero-order valence-corrected chi connectivity index (χ0v) is 12.7. The molecule has 1 fully saturated rings. The number of nitrogens with two attached hydrogens (primary N) is 1. The first kappa shape index (κ1) is 16.4. The minimum Gasteiger partial charge on any atom is -0.386 e. The fourth-order valence-electron chi connectivity index (χ4n) is 2.77. The molecule has 2 N–H and O–H groups in total. The summed E-state index contributed by atoms with van der Waals surface area (Å²) in [7, 11) is 0. The SMILES string of the molecule is C=C1C(c2cc(C(F)(F)F)ccc2C)CCCN1/N=C(\C)N. The summed E-state index contributed by atoms with van der Waals surface area (Å²) in [6.45, 7) is 8.20. The highest BCUT2D eigenvalue weighted by Gasteiger charge is 2.33. The van der Waals surface area contributed by atoms with Gasteiger partial charge in [0.1, 0.15) is 5.84 Å². The summed E-state index contributed by atoms with van der Waals surface area (Å²) in [5.74, 6) is 0.238. The van der Waals surface area contributed by atoms with Crippen molar-refractivity contribution >= 4 is 5.84 Å². The molecule has 0 aromatic heterocycles. The lowest BCUT2D eigenvalue weighted by Crippen LogP contribution is -2.30. The van der Waals surface area contributed by atoms with Gasteiger partial charge in [-0.1, -0.05) is 12.6 Å². The van der Waals surface area contributed by atoms with Crippen molar-refractivity contribution < 1.29 is 13.2 Å². The number of hydrazone groups is 1. The molecule has 22 heavy (non-hydrogen) atoms. The van der Waals surface area contributed by atoms with Crippen molar-refractivity contribution in [1.82, 2.24) is 5.01 Å². The van der Waals surface area contributed by atoms with E-state index >= 15 is 0 Å². The van der Waals surface area contributed by atoms with Crippen LogP contribution in [0.4, 0.5) is 13.2 Å². The highest BCUT2D eigenvalue weighted by molar-refractivity contribution is 5.77. The van der Waals surface area contributed by atoms with Gasteiger partial charge < -0.3 is 5.73 Å². The first-order valence-corrected chi connectivity index (χ1v) is 7.15. The molecule has 1 aliphatic heterocycles. The smallest absolute Gasteiger partial charge is 0.386 e. The maximum absolute atomic E-state index is 12.9. The molecule has 0 saturated carbocycles. The van der Waals surface area contributed by atoms with E-state index in [4.69, 9.17) is 5.73 Å². The summed E-state index contributed by atoms with van der Waals surface area (Å²) >= 11 is 0. The molecule has 1 unspecified atom stereocenters. The van der Waals surface area contributed by atoms with Crippen LogP contribution in [-0.2, 0) is 6.18 Å². The zero-order chi connectivity index (χ0) is 16.5. The Balaban J connectivity index is 2.38. The summed E-state index contributed by atoms with van der Waals surface area (Å²) < 4.78 is 38.8. The van der Waals surface area contributed by atoms with Crippen molar-refractivity contribution in [2.45, 2.75) is 38.8 Å². The predicted molar refractivity (Wildman–Crippen MR) is 81.3 cm³/mol. The molecule has 1 atom stereocenters. The van der Waals surface area contributed by atoms with Crippen LogP contribution < -0.4 is 5.73 Å². The Hall–Kier alpha value is -1.98. The third-order valence-corrected chi connectivity index (χ3v) is 3.86. The van der Waals surface area contributed by atoms with E-state index in [0.29, 0.717) is 23.6 Å². The summed E-state index contributed by atoms with van der Waals surface area (Å²) in [6.07, 6.45) is -2.75. The number of aryl methyl sites for hydroxylation is 1. The Morgan fingerprint density at radius 1 is 1.41 bits per heavy atom. The normalized spacial score (nSPS) is 20.4.